The quantitative estimate of drug-likeness (QED) is 0.678. The summed E-state index contributed by atoms with van der Waals surface area (Å²) in [6, 6.07) is 1.79. The molecular weight excluding hydrogens is 254 g/mol. The molecule has 0 spiro atoms. The third kappa shape index (κ3) is 4.44. The van der Waals surface area contributed by atoms with Crippen LogP contribution in [0.25, 0.3) is 0 Å². The van der Waals surface area contributed by atoms with Crippen molar-refractivity contribution in [3.8, 4) is 0 Å². The van der Waals surface area contributed by atoms with Crippen LogP contribution in [0.4, 0.5) is 0 Å². The van der Waals surface area contributed by atoms with Crippen molar-refractivity contribution < 1.29 is 17.6 Å². The lowest BCUT2D eigenvalue weighted by molar-refractivity contribution is 0.148. The number of furan rings is 1. The first-order valence-electron chi connectivity index (χ1n) is 6.02. The Morgan fingerprint density at radius 2 is 2.17 bits per heavy atom. The second kappa shape index (κ2) is 6.92. The van der Waals surface area contributed by atoms with Crippen molar-refractivity contribution in [2.45, 2.75) is 26.8 Å². The van der Waals surface area contributed by atoms with E-state index in [9.17, 15) is 8.42 Å². The van der Waals surface area contributed by atoms with E-state index in [1.54, 1.807) is 19.4 Å². The van der Waals surface area contributed by atoms with Crippen molar-refractivity contribution >= 4 is 10.0 Å². The van der Waals surface area contributed by atoms with Gasteiger partial charge in [-0.15, -0.1) is 0 Å². The Morgan fingerprint density at radius 3 is 2.72 bits per heavy atom. The Hall–Kier alpha value is -0.850. The molecule has 1 aromatic rings. The highest BCUT2D eigenvalue weighted by molar-refractivity contribution is 7.89. The Labute approximate surface area is 109 Å². The maximum Gasteiger partial charge on any atom is 0.214 e. The molecule has 0 unspecified atom stereocenters. The first kappa shape index (κ1) is 15.2. The molecule has 0 saturated heterocycles. The van der Waals surface area contributed by atoms with E-state index < -0.39 is 10.0 Å². The summed E-state index contributed by atoms with van der Waals surface area (Å²) in [7, 11) is -1.64. The van der Waals surface area contributed by atoms with Crippen LogP contribution in [0.1, 0.15) is 24.7 Å². The summed E-state index contributed by atoms with van der Waals surface area (Å²) in [4.78, 5) is 0. The largest absolute Gasteiger partial charge is 0.469 e. The van der Waals surface area contributed by atoms with E-state index in [0.717, 1.165) is 11.3 Å². The molecule has 0 N–H and O–H groups in total. The van der Waals surface area contributed by atoms with Crippen LogP contribution in [0.5, 0.6) is 0 Å². The maximum absolute atomic E-state index is 12.0. The SMILES string of the molecule is CCOCCCS(=O)(=O)N(C)Cc1ccoc1C. The van der Waals surface area contributed by atoms with Gasteiger partial charge in [-0.25, -0.2) is 12.7 Å². The van der Waals surface area contributed by atoms with E-state index in [0.29, 0.717) is 26.2 Å². The highest BCUT2D eigenvalue weighted by Crippen LogP contribution is 2.13. The van der Waals surface area contributed by atoms with Gasteiger partial charge in [-0.05, 0) is 26.3 Å². The molecule has 0 amide bonds. The van der Waals surface area contributed by atoms with Gasteiger partial charge in [-0.3, -0.25) is 0 Å². The molecule has 5 nitrogen and oxygen atoms in total. The van der Waals surface area contributed by atoms with Gasteiger partial charge in [0.25, 0.3) is 0 Å². The molecule has 6 heteroatoms. The van der Waals surface area contributed by atoms with Crippen molar-refractivity contribution in [2.24, 2.45) is 0 Å². The zero-order valence-electron chi connectivity index (χ0n) is 11.2. The normalized spacial score (nSPS) is 12.2. The van der Waals surface area contributed by atoms with Crippen LogP contribution in [0.3, 0.4) is 0 Å². The summed E-state index contributed by atoms with van der Waals surface area (Å²) in [5.74, 6) is 0.867. The monoisotopic (exact) mass is 275 g/mol. The molecule has 0 aromatic carbocycles. The first-order chi connectivity index (χ1) is 8.47. The number of hydrogen-bond acceptors (Lipinski definition) is 4. The number of aryl methyl sites for hydroxylation is 1. The predicted molar refractivity (Wildman–Crippen MR) is 69.8 cm³/mol. The minimum atomic E-state index is -3.22. The summed E-state index contributed by atoms with van der Waals surface area (Å²) in [5, 5.41) is 0. The molecule has 1 heterocycles. The zero-order chi connectivity index (χ0) is 13.6. The molecule has 0 bridgehead atoms. The molecule has 18 heavy (non-hydrogen) atoms. The predicted octanol–water partition coefficient (Wildman–Crippen LogP) is 1.78. The highest BCUT2D eigenvalue weighted by Gasteiger charge is 2.18. The Bertz CT molecular complexity index is 452. The van der Waals surface area contributed by atoms with Gasteiger partial charge in [0.15, 0.2) is 0 Å². The summed E-state index contributed by atoms with van der Waals surface area (Å²) < 4.78 is 35.6. The summed E-state index contributed by atoms with van der Waals surface area (Å²) >= 11 is 0. The van der Waals surface area contributed by atoms with E-state index in [4.69, 9.17) is 9.15 Å². The first-order valence-corrected chi connectivity index (χ1v) is 7.63. The molecule has 0 atom stereocenters. The van der Waals surface area contributed by atoms with Gasteiger partial charge in [0.05, 0.1) is 12.0 Å². The molecular formula is C12H21NO4S. The molecule has 104 valence electrons. The summed E-state index contributed by atoms with van der Waals surface area (Å²) in [6.07, 6.45) is 2.09. The van der Waals surface area contributed by atoms with Crippen molar-refractivity contribution in [3.63, 3.8) is 0 Å². The summed E-state index contributed by atoms with van der Waals surface area (Å²) in [6.45, 7) is 5.16. The average molecular weight is 275 g/mol. The van der Waals surface area contributed by atoms with Crippen LogP contribution in [0, 0.1) is 6.92 Å². The van der Waals surface area contributed by atoms with Crippen molar-refractivity contribution in [1.29, 1.82) is 0 Å². The van der Waals surface area contributed by atoms with Crippen LogP contribution in [0.15, 0.2) is 16.7 Å². The fourth-order valence-electron chi connectivity index (χ4n) is 1.56. The third-order valence-electron chi connectivity index (χ3n) is 2.73. The second-order valence-electron chi connectivity index (χ2n) is 4.12. The number of nitrogens with zero attached hydrogens (tertiary/aromatic N) is 1. The molecule has 0 fully saturated rings. The van der Waals surface area contributed by atoms with Gasteiger partial charge in [0.2, 0.25) is 10.0 Å². The Kier molecular flexibility index (Phi) is 5.84. The fraction of sp³-hybridized carbons (Fsp3) is 0.667. The molecule has 1 aromatic heterocycles. The van der Waals surface area contributed by atoms with Crippen molar-refractivity contribution in [1.82, 2.24) is 4.31 Å². The van der Waals surface area contributed by atoms with Crippen molar-refractivity contribution in [3.05, 3.63) is 23.7 Å². The van der Waals surface area contributed by atoms with Gasteiger partial charge in [0, 0.05) is 32.4 Å². The van der Waals surface area contributed by atoms with Gasteiger partial charge in [-0.2, -0.15) is 0 Å². The topological polar surface area (TPSA) is 59.8 Å². The van der Waals surface area contributed by atoms with E-state index in [1.165, 1.54) is 4.31 Å². The van der Waals surface area contributed by atoms with E-state index in [1.807, 2.05) is 13.8 Å². The number of rotatable bonds is 8. The van der Waals surface area contributed by atoms with E-state index in [2.05, 4.69) is 0 Å². The van der Waals surface area contributed by atoms with Gasteiger partial charge >= 0.3 is 0 Å². The second-order valence-corrected chi connectivity index (χ2v) is 6.32. The maximum atomic E-state index is 12.0. The molecule has 0 aliphatic carbocycles. The van der Waals surface area contributed by atoms with Crippen LogP contribution in [-0.2, 0) is 21.3 Å². The fourth-order valence-corrected chi connectivity index (χ4v) is 2.69. The third-order valence-corrected chi connectivity index (χ3v) is 4.61. The van der Waals surface area contributed by atoms with Crippen molar-refractivity contribution in [2.75, 3.05) is 26.0 Å². The lowest BCUT2D eigenvalue weighted by atomic mass is 10.3. The Balaban J connectivity index is 2.49. The van der Waals surface area contributed by atoms with Gasteiger partial charge in [0.1, 0.15) is 5.76 Å². The highest BCUT2D eigenvalue weighted by atomic mass is 32.2. The van der Waals surface area contributed by atoms with Crippen LogP contribution >= 0.6 is 0 Å². The van der Waals surface area contributed by atoms with Gasteiger partial charge < -0.3 is 9.15 Å². The van der Waals surface area contributed by atoms with Crippen LogP contribution in [-0.4, -0.2) is 38.7 Å². The number of hydrogen-bond donors (Lipinski definition) is 0. The van der Waals surface area contributed by atoms with Crippen LogP contribution in [0.2, 0.25) is 0 Å². The molecule has 0 saturated carbocycles. The van der Waals surface area contributed by atoms with E-state index in [-0.39, 0.29) is 5.75 Å². The molecule has 0 radical (unpaired) electrons. The van der Waals surface area contributed by atoms with Crippen LogP contribution < -0.4 is 0 Å². The van der Waals surface area contributed by atoms with E-state index >= 15 is 0 Å². The molecule has 0 aliphatic heterocycles. The minimum absolute atomic E-state index is 0.112. The standard InChI is InChI=1S/C12H21NO4S/c1-4-16-7-5-9-18(14,15)13(3)10-12-6-8-17-11(12)2/h6,8H,4-5,7,9-10H2,1-3H3. The minimum Gasteiger partial charge on any atom is -0.469 e. The number of ether oxygens (including phenoxy) is 1. The van der Waals surface area contributed by atoms with Gasteiger partial charge in [-0.1, -0.05) is 0 Å². The number of sulfonamides is 1. The summed E-state index contributed by atoms with van der Waals surface area (Å²) in [5.41, 5.74) is 0.894. The zero-order valence-corrected chi connectivity index (χ0v) is 12.0. The smallest absolute Gasteiger partial charge is 0.214 e. The lowest BCUT2D eigenvalue weighted by Crippen LogP contribution is -2.29. The molecule has 0 aliphatic rings. The lowest BCUT2D eigenvalue weighted by Gasteiger charge is -2.16. The average Bonchev–Trinajstić information content (AvgIpc) is 2.71. The Morgan fingerprint density at radius 1 is 1.44 bits per heavy atom. The molecule has 1 rings (SSSR count).